The molecule has 5 aromatic rings. The number of benzene rings is 3. The van der Waals surface area contributed by atoms with Crippen LogP contribution in [0.15, 0.2) is 89.8 Å². The Morgan fingerprint density at radius 1 is 0.971 bits per heavy atom. The van der Waals surface area contributed by atoms with Crippen LogP contribution in [-0.4, -0.2) is 32.8 Å². The molecule has 2 N–H and O–H groups in total. The average Bonchev–Trinajstić information content (AvgIpc) is 3.30. The van der Waals surface area contributed by atoms with Gasteiger partial charge in [0.25, 0.3) is 5.91 Å². The molecule has 2 aromatic heterocycles. The predicted molar refractivity (Wildman–Crippen MR) is 135 cm³/mol. The number of fused-ring (bicyclic) bond motifs is 1. The van der Waals surface area contributed by atoms with Crippen molar-refractivity contribution in [1.82, 2.24) is 19.7 Å². The monoisotopic (exact) mass is 514 g/mol. The lowest BCUT2D eigenvalue weighted by Gasteiger charge is -2.09. The van der Waals surface area contributed by atoms with Gasteiger partial charge in [0.1, 0.15) is 17.9 Å². The number of rotatable bonds is 6. The highest BCUT2D eigenvalue weighted by molar-refractivity contribution is 9.10. The fraction of sp³-hybridized carbons (Fsp3) is 0.0400. The topological polar surface area (TPSA) is 94.0 Å². The third-order valence-corrected chi connectivity index (χ3v) is 5.67. The number of amides is 1. The van der Waals surface area contributed by atoms with Crippen LogP contribution in [0.4, 0.5) is 17.2 Å². The van der Waals surface area contributed by atoms with Crippen LogP contribution in [0.2, 0.25) is 0 Å². The molecule has 9 heteroatoms. The number of ether oxygens (including phenoxy) is 1. The quantitative estimate of drug-likeness (QED) is 0.307. The van der Waals surface area contributed by atoms with Crippen LogP contribution in [0.5, 0.6) is 5.75 Å². The van der Waals surface area contributed by atoms with Crippen LogP contribution >= 0.6 is 15.9 Å². The first kappa shape index (κ1) is 21.6. The molecule has 0 unspecified atom stereocenters. The first-order valence-electron chi connectivity index (χ1n) is 10.4. The number of anilines is 3. The number of nitrogens with zero attached hydrogens (tertiary/aromatic N) is 4. The number of carbonyl (C=O) groups is 1. The molecule has 0 aliphatic rings. The SMILES string of the molecule is COc1ccc(NC(=O)c2ccc(Nc3ncnc4c3cnn4-c3cccc(Br)c3)cc2)cc1. The Kier molecular flexibility index (Phi) is 5.92. The van der Waals surface area contributed by atoms with E-state index in [4.69, 9.17) is 4.74 Å². The highest BCUT2D eigenvalue weighted by Gasteiger charge is 2.12. The Bertz CT molecular complexity index is 1470. The summed E-state index contributed by atoms with van der Waals surface area (Å²) in [5.41, 5.74) is 3.60. The zero-order valence-corrected chi connectivity index (χ0v) is 19.7. The van der Waals surface area contributed by atoms with Gasteiger partial charge in [0.15, 0.2) is 5.65 Å². The second-order valence-corrected chi connectivity index (χ2v) is 8.30. The number of hydrogen-bond donors (Lipinski definition) is 2. The van der Waals surface area contributed by atoms with Crippen molar-refractivity contribution in [3.8, 4) is 11.4 Å². The van der Waals surface area contributed by atoms with Gasteiger partial charge in [-0.05, 0) is 66.7 Å². The molecular formula is C25H19BrN6O2. The van der Waals surface area contributed by atoms with Gasteiger partial charge in [0, 0.05) is 21.4 Å². The zero-order chi connectivity index (χ0) is 23.5. The molecule has 2 heterocycles. The molecule has 0 atom stereocenters. The third-order valence-electron chi connectivity index (χ3n) is 5.18. The summed E-state index contributed by atoms with van der Waals surface area (Å²) in [4.78, 5) is 21.4. The maximum Gasteiger partial charge on any atom is 0.255 e. The van der Waals surface area contributed by atoms with Gasteiger partial charge >= 0.3 is 0 Å². The minimum Gasteiger partial charge on any atom is -0.497 e. The van der Waals surface area contributed by atoms with Crippen molar-refractivity contribution in [3.63, 3.8) is 0 Å². The van der Waals surface area contributed by atoms with E-state index >= 15 is 0 Å². The van der Waals surface area contributed by atoms with Crippen molar-refractivity contribution in [2.45, 2.75) is 0 Å². The van der Waals surface area contributed by atoms with E-state index in [0.29, 0.717) is 22.7 Å². The second-order valence-electron chi connectivity index (χ2n) is 7.38. The highest BCUT2D eigenvalue weighted by atomic mass is 79.9. The molecule has 0 radical (unpaired) electrons. The van der Waals surface area contributed by atoms with Crippen LogP contribution in [0, 0.1) is 0 Å². The van der Waals surface area contributed by atoms with E-state index in [2.05, 4.69) is 41.6 Å². The highest BCUT2D eigenvalue weighted by Crippen LogP contribution is 2.26. The summed E-state index contributed by atoms with van der Waals surface area (Å²) < 4.78 is 7.86. The number of nitrogens with one attached hydrogen (secondary N) is 2. The van der Waals surface area contributed by atoms with Crippen molar-refractivity contribution in [1.29, 1.82) is 0 Å². The third kappa shape index (κ3) is 4.46. The summed E-state index contributed by atoms with van der Waals surface area (Å²) in [6.45, 7) is 0. The van der Waals surface area contributed by atoms with Gasteiger partial charge < -0.3 is 15.4 Å². The van der Waals surface area contributed by atoms with E-state index in [0.717, 1.165) is 27.0 Å². The van der Waals surface area contributed by atoms with Gasteiger partial charge in [0.05, 0.1) is 24.4 Å². The lowest BCUT2D eigenvalue weighted by molar-refractivity contribution is 0.102. The minimum absolute atomic E-state index is 0.198. The Hall–Kier alpha value is -4.24. The van der Waals surface area contributed by atoms with E-state index in [1.807, 2.05) is 36.4 Å². The molecule has 0 spiro atoms. The van der Waals surface area contributed by atoms with Gasteiger partial charge in [-0.2, -0.15) is 5.10 Å². The first-order chi connectivity index (χ1) is 16.6. The summed E-state index contributed by atoms with van der Waals surface area (Å²) in [6, 6.07) is 22.2. The summed E-state index contributed by atoms with van der Waals surface area (Å²) in [6.07, 6.45) is 3.23. The van der Waals surface area contributed by atoms with Gasteiger partial charge in [-0.15, -0.1) is 0 Å². The van der Waals surface area contributed by atoms with Gasteiger partial charge in [-0.3, -0.25) is 4.79 Å². The van der Waals surface area contributed by atoms with Crippen LogP contribution in [0.25, 0.3) is 16.7 Å². The van der Waals surface area contributed by atoms with Crippen molar-refractivity contribution in [2.24, 2.45) is 0 Å². The van der Waals surface area contributed by atoms with E-state index in [1.165, 1.54) is 6.33 Å². The molecule has 0 saturated carbocycles. The first-order valence-corrected chi connectivity index (χ1v) is 11.2. The number of aromatic nitrogens is 4. The zero-order valence-electron chi connectivity index (χ0n) is 18.1. The van der Waals surface area contributed by atoms with Gasteiger partial charge in [-0.25, -0.2) is 14.6 Å². The fourth-order valence-electron chi connectivity index (χ4n) is 3.46. The Morgan fingerprint density at radius 3 is 2.47 bits per heavy atom. The molecule has 0 saturated heterocycles. The molecule has 168 valence electrons. The largest absolute Gasteiger partial charge is 0.497 e. The molecule has 0 aliphatic heterocycles. The van der Waals surface area contributed by atoms with Crippen LogP contribution in [0.1, 0.15) is 10.4 Å². The van der Waals surface area contributed by atoms with Crippen LogP contribution < -0.4 is 15.4 Å². The van der Waals surface area contributed by atoms with Crippen molar-refractivity contribution in [2.75, 3.05) is 17.7 Å². The summed E-state index contributed by atoms with van der Waals surface area (Å²) in [7, 11) is 1.60. The molecule has 34 heavy (non-hydrogen) atoms. The molecule has 5 rings (SSSR count). The van der Waals surface area contributed by atoms with Gasteiger partial charge in [0.2, 0.25) is 0 Å². The Labute approximate surface area is 203 Å². The van der Waals surface area contributed by atoms with Crippen molar-refractivity contribution in [3.05, 3.63) is 95.4 Å². The molecule has 0 fully saturated rings. The maximum atomic E-state index is 12.6. The maximum absolute atomic E-state index is 12.6. The minimum atomic E-state index is -0.198. The molecule has 3 aromatic carbocycles. The van der Waals surface area contributed by atoms with Crippen molar-refractivity contribution < 1.29 is 9.53 Å². The normalized spacial score (nSPS) is 10.8. The molecule has 8 nitrogen and oxygen atoms in total. The Balaban J connectivity index is 1.33. The number of halogens is 1. The fourth-order valence-corrected chi connectivity index (χ4v) is 3.85. The van der Waals surface area contributed by atoms with Crippen molar-refractivity contribution >= 4 is 50.1 Å². The lowest BCUT2D eigenvalue weighted by atomic mass is 10.2. The standard InChI is InChI=1S/C25H19BrN6O2/c1-34-21-11-9-19(10-12-21)31-25(33)16-5-7-18(8-6-16)30-23-22-14-29-32(24(22)28-15-27-23)20-4-2-3-17(26)13-20/h2-15H,1H3,(H,31,33)(H,27,28,30). The molecule has 1 amide bonds. The van der Waals surface area contributed by atoms with E-state index < -0.39 is 0 Å². The van der Waals surface area contributed by atoms with E-state index in [1.54, 1.807) is 54.4 Å². The van der Waals surface area contributed by atoms with E-state index in [-0.39, 0.29) is 5.91 Å². The molecule has 0 bridgehead atoms. The summed E-state index contributed by atoms with van der Waals surface area (Å²) >= 11 is 3.49. The van der Waals surface area contributed by atoms with Crippen LogP contribution in [0.3, 0.4) is 0 Å². The van der Waals surface area contributed by atoms with E-state index in [9.17, 15) is 4.79 Å². The second kappa shape index (κ2) is 9.32. The molecular weight excluding hydrogens is 496 g/mol. The summed E-state index contributed by atoms with van der Waals surface area (Å²) in [5, 5.41) is 11.4. The Morgan fingerprint density at radius 2 is 1.74 bits per heavy atom. The van der Waals surface area contributed by atoms with Gasteiger partial charge in [-0.1, -0.05) is 22.0 Å². The number of carbonyl (C=O) groups excluding carboxylic acids is 1. The number of methoxy groups -OCH3 is 1. The van der Waals surface area contributed by atoms with Crippen LogP contribution in [-0.2, 0) is 0 Å². The average molecular weight is 515 g/mol. The summed E-state index contributed by atoms with van der Waals surface area (Å²) in [5.74, 6) is 1.16. The smallest absolute Gasteiger partial charge is 0.255 e. The number of hydrogen-bond acceptors (Lipinski definition) is 6. The molecule has 0 aliphatic carbocycles. The lowest BCUT2D eigenvalue weighted by Crippen LogP contribution is -2.11. The predicted octanol–water partition coefficient (Wildman–Crippen LogP) is 5.58.